The van der Waals surface area contributed by atoms with E-state index in [9.17, 15) is 14.9 Å². The summed E-state index contributed by atoms with van der Waals surface area (Å²) >= 11 is 9.49. The Balaban J connectivity index is 1.84. The van der Waals surface area contributed by atoms with Crippen molar-refractivity contribution in [3.8, 4) is 0 Å². The molecule has 1 unspecified atom stereocenters. The number of ether oxygens (including phenoxy) is 1. The van der Waals surface area contributed by atoms with Gasteiger partial charge in [-0.05, 0) is 85.5 Å². The predicted octanol–water partition coefficient (Wildman–Crippen LogP) is 11.0. The van der Waals surface area contributed by atoms with Crippen LogP contribution in [0.5, 0.6) is 0 Å². The van der Waals surface area contributed by atoms with E-state index < -0.39 is 30.0 Å². The van der Waals surface area contributed by atoms with Gasteiger partial charge in [0, 0.05) is 21.1 Å². The lowest BCUT2D eigenvalue weighted by Gasteiger charge is -2.43. The van der Waals surface area contributed by atoms with Gasteiger partial charge in [0.1, 0.15) is 5.56 Å². The Hall–Kier alpha value is -1.77. The summed E-state index contributed by atoms with van der Waals surface area (Å²) < 4.78 is 36.0. The van der Waals surface area contributed by atoms with Crippen molar-refractivity contribution in [3.05, 3.63) is 73.2 Å². The summed E-state index contributed by atoms with van der Waals surface area (Å²) in [5.74, 6) is -0.897. The van der Waals surface area contributed by atoms with Gasteiger partial charge in [-0.2, -0.15) is 0 Å². The van der Waals surface area contributed by atoms with Crippen molar-refractivity contribution in [2.75, 3.05) is 0 Å². The molecule has 0 N–H and O–H groups in total. The Morgan fingerprint density at radius 1 is 0.911 bits per heavy atom. The molecule has 0 saturated heterocycles. The third-order valence-corrected chi connectivity index (χ3v) is 12.4. The number of rotatable bonds is 11. The van der Waals surface area contributed by atoms with Crippen LogP contribution >= 0.6 is 35.1 Å². The van der Waals surface area contributed by atoms with E-state index in [0.29, 0.717) is 30.2 Å². The highest BCUT2D eigenvalue weighted by molar-refractivity contribution is 9.10. The molecule has 0 aliphatic heterocycles. The van der Waals surface area contributed by atoms with Crippen molar-refractivity contribution in [1.82, 2.24) is 0 Å². The number of halogens is 2. The molecule has 2 aromatic carbocycles. The minimum atomic E-state index is -4.29. The second kappa shape index (κ2) is 15.4. The molecule has 2 aliphatic carbocycles. The van der Waals surface area contributed by atoms with Gasteiger partial charge in [-0.25, -0.2) is 4.79 Å². The number of hydrogen-bond donors (Lipinski definition) is 0. The number of nitrogens with zero attached hydrogens (tertiary/aromatic N) is 1. The lowest BCUT2D eigenvalue weighted by molar-refractivity contribution is -0.385. The quantitative estimate of drug-likeness (QED) is 0.0982. The fourth-order valence-corrected chi connectivity index (χ4v) is 9.62. The van der Waals surface area contributed by atoms with Crippen LogP contribution in [-0.2, 0) is 18.3 Å². The van der Waals surface area contributed by atoms with Crippen LogP contribution in [0.3, 0.4) is 0 Å². The molecule has 2 saturated carbocycles. The first-order chi connectivity index (χ1) is 21.2. The summed E-state index contributed by atoms with van der Waals surface area (Å²) in [6.07, 6.45) is 4.61. The fraction of sp³-hybridized carbons (Fsp3) is 0.618. The van der Waals surface area contributed by atoms with Gasteiger partial charge in [0.05, 0.1) is 17.1 Å². The lowest BCUT2D eigenvalue weighted by atomic mass is 9.75. The largest absolute Gasteiger partial charge is 0.441 e. The minimum Gasteiger partial charge on any atom is -0.441 e. The highest BCUT2D eigenvalue weighted by atomic mass is 79.9. The lowest BCUT2D eigenvalue weighted by Crippen LogP contribution is -2.37. The van der Waals surface area contributed by atoms with Gasteiger partial charge in [-0.1, -0.05) is 94.0 Å². The van der Waals surface area contributed by atoms with Gasteiger partial charge in [-0.15, -0.1) is 0 Å². The molecule has 4 rings (SSSR count). The molecule has 0 aromatic heterocycles. The molecule has 11 heteroatoms. The maximum absolute atomic E-state index is 15.6. The first-order valence-electron chi connectivity index (χ1n) is 16.0. The third kappa shape index (κ3) is 8.98. The molecular weight excluding hydrogens is 681 g/mol. The molecule has 2 aromatic rings. The van der Waals surface area contributed by atoms with Gasteiger partial charge < -0.3 is 13.8 Å². The summed E-state index contributed by atoms with van der Waals surface area (Å²) in [6, 6.07) is 10.7. The van der Waals surface area contributed by atoms with E-state index in [4.69, 9.17) is 25.4 Å². The summed E-state index contributed by atoms with van der Waals surface area (Å²) in [7, 11) is -4.29. The van der Waals surface area contributed by atoms with Gasteiger partial charge in [0.2, 0.25) is 5.85 Å². The van der Waals surface area contributed by atoms with Gasteiger partial charge >= 0.3 is 13.6 Å². The van der Waals surface area contributed by atoms with E-state index in [2.05, 4.69) is 57.5 Å². The van der Waals surface area contributed by atoms with Crippen LogP contribution in [0.1, 0.15) is 102 Å². The average molecular weight is 727 g/mol. The Morgan fingerprint density at radius 2 is 1.42 bits per heavy atom. The summed E-state index contributed by atoms with van der Waals surface area (Å²) in [4.78, 5) is 25.0. The summed E-state index contributed by atoms with van der Waals surface area (Å²) in [5, 5.41) is 12.0. The molecular formula is C34H46BrClNO7P. The number of benzene rings is 2. The zero-order valence-electron chi connectivity index (χ0n) is 27.0. The maximum atomic E-state index is 15.6. The van der Waals surface area contributed by atoms with E-state index >= 15 is 4.57 Å². The van der Waals surface area contributed by atoms with Crippen LogP contribution in [0.25, 0.3) is 0 Å². The number of nitro benzene ring substituents is 1. The monoisotopic (exact) mass is 725 g/mol. The van der Waals surface area contributed by atoms with Crippen molar-refractivity contribution in [2.24, 2.45) is 35.5 Å². The maximum Gasteiger partial charge on any atom is 0.376 e. The Bertz CT molecular complexity index is 1350. The molecule has 2 fully saturated rings. The Labute approximate surface area is 280 Å². The molecule has 0 bridgehead atoms. The predicted molar refractivity (Wildman–Crippen MR) is 180 cm³/mol. The molecule has 45 heavy (non-hydrogen) atoms. The van der Waals surface area contributed by atoms with E-state index in [0.717, 1.165) is 36.2 Å². The van der Waals surface area contributed by atoms with Crippen LogP contribution in [-0.4, -0.2) is 23.1 Å². The first kappa shape index (κ1) is 36.1. The van der Waals surface area contributed by atoms with Crippen molar-refractivity contribution in [2.45, 2.75) is 98.1 Å². The number of esters is 1. The van der Waals surface area contributed by atoms with Gasteiger partial charge in [-0.3, -0.25) is 14.7 Å². The standard InChI is InChI=1S/C34H46BrClNO7P/c1-20(2)27-14-7-22(5)17-31(27)43-45(41,44-32-18-23(6)8-15-28(32)21(3)4)34(24-9-11-25(35)12-10-24)42-33(38)29-16-13-26(36)19-30(29)37(39)40/h9-13,16,19-23,27-28,31-32,34H,7-8,14-15,17-18H2,1-6H3/t22-,23-,27-,28+,31-,32-,34+,45?/m1/s1. The van der Waals surface area contributed by atoms with E-state index in [1.54, 1.807) is 24.3 Å². The second-order valence-corrected chi connectivity index (χ2v) is 17.0. The number of carbonyl (C=O) groups excluding carboxylic acids is 1. The zero-order valence-corrected chi connectivity index (χ0v) is 30.2. The Kier molecular flexibility index (Phi) is 12.4. The van der Waals surface area contributed by atoms with Gasteiger partial charge in [0.25, 0.3) is 5.69 Å². The number of nitro groups is 1. The van der Waals surface area contributed by atoms with Crippen molar-refractivity contribution in [1.29, 1.82) is 0 Å². The first-order valence-corrected chi connectivity index (χ1v) is 18.8. The highest BCUT2D eigenvalue weighted by Crippen LogP contribution is 2.66. The normalized spacial score (nSPS) is 27.6. The molecule has 0 amide bonds. The van der Waals surface area contributed by atoms with Crippen LogP contribution in [0.2, 0.25) is 5.02 Å². The van der Waals surface area contributed by atoms with Crippen LogP contribution in [0.15, 0.2) is 46.9 Å². The third-order valence-electron chi connectivity index (χ3n) is 9.52. The smallest absolute Gasteiger partial charge is 0.376 e. The molecule has 0 spiro atoms. The molecule has 0 radical (unpaired) electrons. The minimum absolute atomic E-state index is 0.109. The van der Waals surface area contributed by atoms with Gasteiger partial charge in [0.15, 0.2) is 0 Å². The molecule has 248 valence electrons. The summed E-state index contributed by atoms with van der Waals surface area (Å²) in [6.45, 7) is 12.9. The zero-order chi connectivity index (χ0) is 33.1. The molecule has 0 heterocycles. The SMILES string of the molecule is CC(C)[C@H]1CC[C@@H](C)C[C@H]1OP(=O)(O[C@@H]1C[C@H](C)CC[C@H]1C(C)C)[C@H](OC(=O)c1ccc(Cl)cc1[N+](=O)[O-])c1ccc(Br)cc1. The van der Waals surface area contributed by atoms with Crippen molar-refractivity contribution in [3.63, 3.8) is 0 Å². The van der Waals surface area contributed by atoms with E-state index in [-0.39, 0.29) is 46.5 Å². The molecule has 8 nitrogen and oxygen atoms in total. The van der Waals surface area contributed by atoms with Crippen molar-refractivity contribution >= 4 is 46.8 Å². The fourth-order valence-electron chi connectivity index (χ4n) is 6.92. The Morgan fingerprint density at radius 3 is 1.89 bits per heavy atom. The number of hydrogen-bond acceptors (Lipinski definition) is 7. The van der Waals surface area contributed by atoms with E-state index in [1.165, 1.54) is 12.1 Å². The van der Waals surface area contributed by atoms with Crippen LogP contribution in [0, 0.1) is 45.6 Å². The topological polar surface area (TPSA) is 105 Å². The van der Waals surface area contributed by atoms with E-state index in [1.807, 2.05) is 0 Å². The highest BCUT2D eigenvalue weighted by Gasteiger charge is 2.49. The summed E-state index contributed by atoms with van der Waals surface area (Å²) in [5.41, 5.74) is -0.377. The number of carbonyl (C=O) groups is 1. The average Bonchev–Trinajstić information content (AvgIpc) is 2.96. The van der Waals surface area contributed by atoms with Crippen LogP contribution in [0.4, 0.5) is 5.69 Å². The van der Waals surface area contributed by atoms with Crippen LogP contribution < -0.4 is 0 Å². The second-order valence-electron chi connectivity index (χ2n) is 13.7. The van der Waals surface area contributed by atoms with Crippen molar-refractivity contribution < 1.29 is 28.1 Å². The molecule has 2 aliphatic rings. The molecule has 8 atom stereocenters.